The van der Waals surface area contributed by atoms with Crippen molar-refractivity contribution in [2.75, 3.05) is 0 Å². The Labute approximate surface area is 158 Å². The fourth-order valence-corrected chi connectivity index (χ4v) is 4.52. The Morgan fingerprint density at radius 1 is 1.11 bits per heavy atom. The summed E-state index contributed by atoms with van der Waals surface area (Å²) in [5, 5.41) is 20.7. The maximum Gasteiger partial charge on any atom is 0.410 e. The molecule has 2 aromatic rings. The van der Waals surface area contributed by atoms with Gasteiger partial charge in [0.1, 0.15) is 6.61 Å². The van der Waals surface area contributed by atoms with Gasteiger partial charge in [-0.3, -0.25) is 0 Å². The number of amides is 1. The number of hydrogen-bond donors (Lipinski definition) is 1. The summed E-state index contributed by atoms with van der Waals surface area (Å²) < 4.78 is 5.52. The van der Waals surface area contributed by atoms with Crippen LogP contribution in [0.5, 0.6) is 0 Å². The number of nitriles is 1. The van der Waals surface area contributed by atoms with E-state index in [9.17, 15) is 15.2 Å². The first-order valence-corrected chi connectivity index (χ1v) is 9.32. The quantitative estimate of drug-likeness (QED) is 0.903. The van der Waals surface area contributed by atoms with E-state index in [2.05, 4.69) is 6.07 Å². The van der Waals surface area contributed by atoms with E-state index in [1.165, 1.54) is 0 Å². The maximum atomic E-state index is 12.7. The molecule has 0 aromatic heterocycles. The Bertz CT molecular complexity index is 861. The predicted octanol–water partition coefficient (Wildman–Crippen LogP) is 3.71. The van der Waals surface area contributed by atoms with Crippen LogP contribution in [0, 0.1) is 11.3 Å². The Kier molecular flexibility index (Phi) is 4.59. The number of fused-ring (bicyclic) bond motifs is 2. The molecule has 0 saturated carbocycles. The van der Waals surface area contributed by atoms with Crippen LogP contribution in [0.15, 0.2) is 54.6 Å². The van der Waals surface area contributed by atoms with Crippen molar-refractivity contribution < 1.29 is 14.6 Å². The van der Waals surface area contributed by atoms with Crippen molar-refractivity contribution in [3.05, 3.63) is 71.3 Å². The summed E-state index contributed by atoms with van der Waals surface area (Å²) in [6.07, 6.45) is 2.25. The second-order valence-electron chi connectivity index (χ2n) is 7.43. The topological polar surface area (TPSA) is 73.6 Å². The van der Waals surface area contributed by atoms with Crippen molar-refractivity contribution >= 4 is 6.09 Å². The average Bonchev–Trinajstić information content (AvgIpc) is 2.99. The third-order valence-corrected chi connectivity index (χ3v) is 5.73. The Morgan fingerprint density at radius 3 is 2.41 bits per heavy atom. The molecule has 2 fully saturated rings. The average molecular weight is 362 g/mol. The number of ether oxygens (including phenoxy) is 1. The van der Waals surface area contributed by atoms with Crippen LogP contribution in [0.2, 0.25) is 0 Å². The van der Waals surface area contributed by atoms with E-state index in [-0.39, 0.29) is 24.8 Å². The molecule has 2 saturated heterocycles. The molecule has 5 heteroatoms. The highest BCUT2D eigenvalue weighted by atomic mass is 16.6. The van der Waals surface area contributed by atoms with Gasteiger partial charge in [-0.05, 0) is 24.5 Å². The highest BCUT2D eigenvalue weighted by Gasteiger charge is 2.51. The van der Waals surface area contributed by atoms with Crippen molar-refractivity contribution in [2.45, 2.75) is 50.0 Å². The van der Waals surface area contributed by atoms with Crippen molar-refractivity contribution in [1.29, 1.82) is 5.26 Å². The summed E-state index contributed by atoms with van der Waals surface area (Å²) in [5.41, 5.74) is 1.05. The van der Waals surface area contributed by atoms with Crippen LogP contribution in [0.25, 0.3) is 0 Å². The molecule has 0 spiro atoms. The van der Waals surface area contributed by atoms with Crippen LogP contribution in [0.3, 0.4) is 0 Å². The molecule has 2 aliphatic rings. The summed E-state index contributed by atoms with van der Waals surface area (Å²) in [5.74, 6) is 0. The fraction of sp³-hybridized carbons (Fsp3) is 0.364. The number of nitrogens with zero attached hydrogens (tertiary/aromatic N) is 2. The minimum atomic E-state index is -1.08. The van der Waals surface area contributed by atoms with E-state index in [0.717, 1.165) is 18.4 Å². The highest BCUT2D eigenvalue weighted by Crippen LogP contribution is 2.46. The zero-order valence-corrected chi connectivity index (χ0v) is 15.0. The predicted molar refractivity (Wildman–Crippen MR) is 99.6 cm³/mol. The molecule has 4 rings (SSSR count). The van der Waals surface area contributed by atoms with Crippen LogP contribution in [0.4, 0.5) is 4.79 Å². The van der Waals surface area contributed by atoms with Crippen LogP contribution < -0.4 is 0 Å². The lowest BCUT2D eigenvalue weighted by Gasteiger charge is -2.43. The normalized spacial score (nSPS) is 26.4. The van der Waals surface area contributed by atoms with Gasteiger partial charge in [0.2, 0.25) is 0 Å². The Hall–Kier alpha value is -2.84. The Balaban J connectivity index is 1.49. The summed E-state index contributed by atoms with van der Waals surface area (Å²) in [7, 11) is 0. The van der Waals surface area contributed by atoms with Gasteiger partial charge in [-0.15, -0.1) is 0 Å². The first kappa shape index (κ1) is 17.6. The zero-order valence-electron chi connectivity index (χ0n) is 15.0. The third-order valence-electron chi connectivity index (χ3n) is 5.73. The molecule has 2 unspecified atom stereocenters. The smallest absolute Gasteiger partial charge is 0.410 e. The number of carbonyl (C=O) groups excluding carboxylic acids is 1. The molecule has 1 amide bonds. The van der Waals surface area contributed by atoms with E-state index in [4.69, 9.17) is 4.74 Å². The van der Waals surface area contributed by atoms with Crippen LogP contribution in [-0.4, -0.2) is 28.2 Å². The molecule has 138 valence electrons. The fourth-order valence-electron chi connectivity index (χ4n) is 4.52. The van der Waals surface area contributed by atoms with Gasteiger partial charge in [0.05, 0.1) is 17.2 Å². The van der Waals surface area contributed by atoms with Crippen molar-refractivity contribution in [1.82, 2.24) is 4.90 Å². The van der Waals surface area contributed by atoms with Gasteiger partial charge in [0.15, 0.2) is 0 Å². The molecule has 0 aliphatic carbocycles. The largest absolute Gasteiger partial charge is 0.445 e. The van der Waals surface area contributed by atoms with E-state index in [1.54, 1.807) is 17.0 Å². The molecule has 5 nitrogen and oxygen atoms in total. The van der Waals surface area contributed by atoms with Crippen LogP contribution in [0.1, 0.15) is 42.4 Å². The van der Waals surface area contributed by atoms with E-state index >= 15 is 0 Å². The van der Waals surface area contributed by atoms with Gasteiger partial charge in [0.25, 0.3) is 0 Å². The first-order valence-electron chi connectivity index (χ1n) is 9.32. The van der Waals surface area contributed by atoms with Gasteiger partial charge >= 0.3 is 6.09 Å². The number of rotatable bonds is 3. The lowest BCUT2D eigenvalue weighted by atomic mass is 9.79. The molecule has 2 bridgehead atoms. The zero-order chi connectivity index (χ0) is 18.9. The second-order valence-corrected chi connectivity index (χ2v) is 7.43. The highest BCUT2D eigenvalue weighted by molar-refractivity contribution is 5.69. The molecule has 0 radical (unpaired) electrons. The summed E-state index contributed by atoms with van der Waals surface area (Å²) in [4.78, 5) is 14.5. The van der Waals surface area contributed by atoms with Gasteiger partial charge < -0.3 is 14.7 Å². The molecule has 2 aliphatic heterocycles. The minimum Gasteiger partial charge on any atom is -0.445 e. The number of hydrogen-bond acceptors (Lipinski definition) is 4. The van der Waals surface area contributed by atoms with Crippen molar-refractivity contribution in [2.24, 2.45) is 0 Å². The van der Waals surface area contributed by atoms with Crippen LogP contribution >= 0.6 is 0 Å². The monoisotopic (exact) mass is 362 g/mol. The lowest BCUT2D eigenvalue weighted by molar-refractivity contribution is -0.0538. The molecule has 2 heterocycles. The summed E-state index contributed by atoms with van der Waals surface area (Å²) >= 11 is 0. The van der Waals surface area contributed by atoms with Crippen molar-refractivity contribution in [3.63, 3.8) is 0 Å². The number of carbonyl (C=O) groups is 1. The van der Waals surface area contributed by atoms with E-state index in [1.807, 2.05) is 42.5 Å². The van der Waals surface area contributed by atoms with Gasteiger partial charge in [-0.2, -0.15) is 5.26 Å². The van der Waals surface area contributed by atoms with E-state index in [0.29, 0.717) is 24.0 Å². The standard InChI is InChI=1S/C22H22N2O3/c23-14-17-8-4-5-9-20(17)22(26)12-18-10-11-19(13-22)24(18)21(25)27-15-16-6-2-1-3-7-16/h1-9,18-19,26H,10-13,15H2. The molecule has 27 heavy (non-hydrogen) atoms. The van der Waals surface area contributed by atoms with Gasteiger partial charge in [-0.25, -0.2) is 4.79 Å². The Morgan fingerprint density at radius 2 is 1.74 bits per heavy atom. The molecular formula is C22H22N2O3. The minimum absolute atomic E-state index is 0.0660. The first-order chi connectivity index (χ1) is 13.1. The summed E-state index contributed by atoms with van der Waals surface area (Å²) in [6, 6.07) is 18.9. The molecule has 2 aromatic carbocycles. The number of piperidine rings is 1. The van der Waals surface area contributed by atoms with E-state index < -0.39 is 5.60 Å². The summed E-state index contributed by atoms with van der Waals surface area (Å²) in [6.45, 7) is 0.247. The number of benzene rings is 2. The maximum absolute atomic E-state index is 12.7. The lowest BCUT2D eigenvalue weighted by Crippen LogP contribution is -2.52. The molecular weight excluding hydrogens is 340 g/mol. The van der Waals surface area contributed by atoms with Crippen molar-refractivity contribution in [3.8, 4) is 6.07 Å². The van der Waals surface area contributed by atoms with Gasteiger partial charge in [0, 0.05) is 30.5 Å². The van der Waals surface area contributed by atoms with Gasteiger partial charge in [-0.1, -0.05) is 48.5 Å². The SMILES string of the molecule is N#Cc1ccccc1C1(O)CC2CCC(C1)N2C(=O)OCc1ccccc1. The second kappa shape index (κ2) is 7.05. The molecule has 1 N–H and O–H groups in total. The molecule has 2 atom stereocenters. The number of aliphatic hydroxyl groups is 1. The van der Waals surface area contributed by atoms with Crippen LogP contribution in [-0.2, 0) is 16.9 Å². The third kappa shape index (κ3) is 3.29.